The molecular formula is C25H23N5O6S3. The number of amides is 1. The summed E-state index contributed by atoms with van der Waals surface area (Å²) >= 11 is 2.55. The standard InChI is InChI=1S/C25H23N5O6S3/c1-36-19-8-9-20(21(15-19)27-39(34,35)23-3-2-14-37-23)24(31)28-10-12-29(13-11-28)25-26-22(16-38-25)17-4-6-18(7-5-17)30(32)33/h2-9,14-16,27H,10-13H2,1H3. The minimum absolute atomic E-state index is 0.0225. The number of rotatable bonds is 8. The molecule has 4 aromatic rings. The van der Waals surface area contributed by atoms with Crippen molar-refractivity contribution < 1.29 is 22.9 Å². The first-order valence-electron chi connectivity index (χ1n) is 11.7. The molecule has 2 aromatic heterocycles. The highest BCUT2D eigenvalue weighted by Crippen LogP contribution is 2.31. The van der Waals surface area contributed by atoms with Gasteiger partial charge in [0.1, 0.15) is 9.96 Å². The van der Waals surface area contributed by atoms with Crippen LogP contribution in [0.1, 0.15) is 10.4 Å². The number of ether oxygens (including phenoxy) is 1. The van der Waals surface area contributed by atoms with Crippen LogP contribution in [0, 0.1) is 10.1 Å². The fraction of sp³-hybridized carbons (Fsp3) is 0.200. The molecule has 5 rings (SSSR count). The van der Waals surface area contributed by atoms with Crippen LogP contribution < -0.4 is 14.4 Å². The molecular weight excluding hydrogens is 563 g/mol. The van der Waals surface area contributed by atoms with Crippen LogP contribution in [-0.4, -0.2) is 62.4 Å². The van der Waals surface area contributed by atoms with Crippen molar-refractivity contribution >= 4 is 55.1 Å². The molecule has 202 valence electrons. The first-order chi connectivity index (χ1) is 18.7. The highest BCUT2D eigenvalue weighted by atomic mass is 32.2. The van der Waals surface area contributed by atoms with Crippen LogP contribution in [0.2, 0.25) is 0 Å². The Bertz CT molecular complexity index is 1600. The molecule has 1 amide bonds. The number of carbonyl (C=O) groups is 1. The average Bonchev–Trinajstić information content (AvgIpc) is 3.66. The van der Waals surface area contributed by atoms with Crippen molar-refractivity contribution in [2.24, 2.45) is 0 Å². The highest BCUT2D eigenvalue weighted by Gasteiger charge is 2.27. The van der Waals surface area contributed by atoms with Gasteiger partial charge in [0.25, 0.3) is 21.6 Å². The van der Waals surface area contributed by atoms with Gasteiger partial charge in [0, 0.05) is 55.3 Å². The van der Waals surface area contributed by atoms with Crippen molar-refractivity contribution in [1.29, 1.82) is 0 Å². The summed E-state index contributed by atoms with van der Waals surface area (Å²) in [4.78, 5) is 32.4. The first kappa shape index (κ1) is 26.6. The van der Waals surface area contributed by atoms with E-state index < -0.39 is 14.9 Å². The number of sulfonamides is 1. The quantitative estimate of drug-likeness (QED) is 0.235. The van der Waals surface area contributed by atoms with E-state index in [1.807, 2.05) is 5.38 Å². The summed E-state index contributed by atoms with van der Waals surface area (Å²) in [5.41, 5.74) is 1.93. The molecule has 39 heavy (non-hydrogen) atoms. The van der Waals surface area contributed by atoms with Gasteiger partial charge in [-0.2, -0.15) is 0 Å². The fourth-order valence-electron chi connectivity index (χ4n) is 4.10. The molecule has 0 saturated carbocycles. The number of methoxy groups -OCH3 is 1. The number of hydrogen-bond donors (Lipinski definition) is 1. The largest absolute Gasteiger partial charge is 0.497 e. The molecule has 1 N–H and O–H groups in total. The van der Waals surface area contributed by atoms with Crippen LogP contribution in [0.3, 0.4) is 0 Å². The molecule has 3 heterocycles. The Kier molecular flexibility index (Phi) is 7.50. The topological polar surface area (TPSA) is 135 Å². The molecule has 11 nitrogen and oxygen atoms in total. The van der Waals surface area contributed by atoms with Gasteiger partial charge in [-0.1, -0.05) is 6.07 Å². The molecule has 1 aliphatic heterocycles. The number of nitro groups is 1. The smallest absolute Gasteiger partial charge is 0.271 e. The summed E-state index contributed by atoms with van der Waals surface area (Å²) in [7, 11) is -2.39. The second kappa shape index (κ2) is 11.0. The van der Waals surface area contributed by atoms with Gasteiger partial charge in [0.15, 0.2) is 5.13 Å². The predicted molar refractivity (Wildman–Crippen MR) is 150 cm³/mol. The molecule has 0 atom stereocenters. The minimum Gasteiger partial charge on any atom is -0.497 e. The summed E-state index contributed by atoms with van der Waals surface area (Å²) in [6, 6.07) is 14.1. The maximum atomic E-state index is 13.5. The number of aromatic nitrogens is 1. The number of carbonyl (C=O) groups excluding carboxylic acids is 1. The number of thiophene rings is 1. The van der Waals surface area contributed by atoms with Crippen LogP contribution >= 0.6 is 22.7 Å². The normalized spacial score (nSPS) is 13.8. The maximum Gasteiger partial charge on any atom is 0.271 e. The summed E-state index contributed by atoms with van der Waals surface area (Å²) < 4.78 is 33.7. The monoisotopic (exact) mass is 585 g/mol. The van der Waals surface area contributed by atoms with Crippen LogP contribution in [0.4, 0.5) is 16.5 Å². The maximum absolute atomic E-state index is 13.5. The van der Waals surface area contributed by atoms with E-state index in [-0.39, 0.29) is 27.1 Å². The number of non-ortho nitro benzene ring substituents is 1. The summed E-state index contributed by atoms with van der Waals surface area (Å²) in [6.07, 6.45) is 0. The number of nitrogens with zero attached hydrogens (tertiary/aromatic N) is 4. The molecule has 0 unspecified atom stereocenters. The molecule has 0 bridgehead atoms. The molecule has 14 heteroatoms. The lowest BCUT2D eigenvalue weighted by Crippen LogP contribution is -2.49. The van der Waals surface area contributed by atoms with Gasteiger partial charge in [0.05, 0.1) is 29.0 Å². The Morgan fingerprint density at radius 3 is 2.46 bits per heavy atom. The Balaban J connectivity index is 1.28. The first-order valence-corrected chi connectivity index (χ1v) is 15.0. The van der Waals surface area contributed by atoms with Crippen molar-refractivity contribution in [3.8, 4) is 17.0 Å². The number of anilines is 2. The zero-order chi connectivity index (χ0) is 27.6. The molecule has 1 saturated heterocycles. The van der Waals surface area contributed by atoms with Crippen molar-refractivity contribution in [2.45, 2.75) is 4.21 Å². The van der Waals surface area contributed by atoms with Gasteiger partial charge >= 0.3 is 0 Å². The van der Waals surface area contributed by atoms with E-state index in [1.165, 1.54) is 42.7 Å². The van der Waals surface area contributed by atoms with E-state index in [1.54, 1.807) is 40.6 Å². The van der Waals surface area contributed by atoms with Crippen molar-refractivity contribution in [2.75, 3.05) is 42.9 Å². The lowest BCUT2D eigenvalue weighted by molar-refractivity contribution is -0.384. The third-order valence-electron chi connectivity index (χ3n) is 6.16. The second-order valence-electron chi connectivity index (χ2n) is 8.55. The number of benzene rings is 2. The second-order valence-corrected chi connectivity index (χ2v) is 12.2. The van der Waals surface area contributed by atoms with E-state index in [4.69, 9.17) is 4.74 Å². The molecule has 0 radical (unpaired) electrons. The third-order valence-corrected chi connectivity index (χ3v) is 9.83. The zero-order valence-electron chi connectivity index (χ0n) is 20.6. The van der Waals surface area contributed by atoms with Gasteiger partial charge < -0.3 is 14.5 Å². The van der Waals surface area contributed by atoms with Gasteiger partial charge in [-0.05, 0) is 35.7 Å². The fourth-order valence-corrected chi connectivity index (χ4v) is 7.05. The van der Waals surface area contributed by atoms with E-state index in [0.29, 0.717) is 31.9 Å². The number of thiazole rings is 1. The number of hydrogen-bond acceptors (Lipinski definition) is 10. The number of nitro benzene ring substituents is 1. The minimum atomic E-state index is -3.86. The molecule has 1 fully saturated rings. The molecule has 0 spiro atoms. The molecule has 2 aromatic carbocycles. The van der Waals surface area contributed by atoms with Crippen LogP contribution in [0.15, 0.2) is 69.6 Å². The Hall–Kier alpha value is -4.01. The zero-order valence-corrected chi connectivity index (χ0v) is 23.1. The van der Waals surface area contributed by atoms with Crippen molar-refractivity contribution in [3.05, 3.63) is 81.0 Å². The predicted octanol–water partition coefficient (Wildman–Crippen LogP) is 4.55. The lowest BCUT2D eigenvalue weighted by Gasteiger charge is -2.35. The van der Waals surface area contributed by atoms with E-state index >= 15 is 0 Å². The number of nitrogens with one attached hydrogen (secondary N) is 1. The third kappa shape index (κ3) is 5.72. The van der Waals surface area contributed by atoms with Crippen LogP contribution in [-0.2, 0) is 10.0 Å². The van der Waals surface area contributed by atoms with Gasteiger partial charge in [-0.25, -0.2) is 13.4 Å². The Morgan fingerprint density at radius 1 is 1.08 bits per heavy atom. The van der Waals surface area contributed by atoms with Crippen LogP contribution in [0.5, 0.6) is 5.75 Å². The number of piperazine rings is 1. The SMILES string of the molecule is COc1ccc(C(=O)N2CCN(c3nc(-c4ccc([N+](=O)[O-])cc4)cs3)CC2)c(NS(=O)(=O)c2cccs2)c1. The van der Waals surface area contributed by atoms with E-state index in [0.717, 1.165) is 27.7 Å². The van der Waals surface area contributed by atoms with Crippen LogP contribution in [0.25, 0.3) is 11.3 Å². The summed E-state index contributed by atoms with van der Waals surface area (Å²) in [6.45, 7) is 1.94. The Labute approximate surface area is 232 Å². The lowest BCUT2D eigenvalue weighted by atomic mass is 10.1. The van der Waals surface area contributed by atoms with Crippen molar-refractivity contribution in [3.63, 3.8) is 0 Å². The average molecular weight is 586 g/mol. The molecule has 1 aliphatic rings. The van der Waals surface area contributed by atoms with Gasteiger partial charge in [-0.3, -0.25) is 19.6 Å². The highest BCUT2D eigenvalue weighted by molar-refractivity contribution is 7.94. The van der Waals surface area contributed by atoms with E-state index in [9.17, 15) is 23.3 Å². The van der Waals surface area contributed by atoms with Gasteiger partial charge in [-0.15, -0.1) is 22.7 Å². The van der Waals surface area contributed by atoms with Crippen molar-refractivity contribution in [1.82, 2.24) is 9.88 Å². The van der Waals surface area contributed by atoms with E-state index in [2.05, 4.69) is 14.6 Å². The summed E-state index contributed by atoms with van der Waals surface area (Å²) in [5.74, 6) is 0.139. The molecule has 0 aliphatic carbocycles. The van der Waals surface area contributed by atoms with Gasteiger partial charge in [0.2, 0.25) is 0 Å². The summed E-state index contributed by atoms with van der Waals surface area (Å²) in [5, 5.41) is 15.3. The Morgan fingerprint density at radius 2 is 1.82 bits per heavy atom.